The Balaban J connectivity index is 2.33. The maximum Gasteiger partial charge on any atom is 0.206 e. The number of rotatable bonds is 1. The second kappa shape index (κ2) is 2.88. The highest BCUT2D eigenvalue weighted by atomic mass is 32.1. The third-order valence-corrected chi connectivity index (χ3v) is 3.03. The number of nitrogens with one attached hydrogen (secondary N) is 1. The summed E-state index contributed by atoms with van der Waals surface area (Å²) in [5.74, 6) is 0.655. The van der Waals surface area contributed by atoms with Crippen LogP contribution >= 0.6 is 11.3 Å². The lowest BCUT2D eigenvalue weighted by atomic mass is 10.2. The average molecular weight is 202 g/mol. The van der Waals surface area contributed by atoms with E-state index in [1.807, 2.05) is 12.1 Å². The highest BCUT2D eigenvalue weighted by Gasteiger charge is 2.08. The molecule has 0 aliphatic heterocycles. The molecule has 0 fully saturated rings. The van der Waals surface area contributed by atoms with Crippen LogP contribution < -0.4 is 0 Å². The number of thiophene rings is 1. The summed E-state index contributed by atoms with van der Waals surface area (Å²) >= 11 is 1.69. The SMILES string of the molecule is c1ccc2c(-c3nn[nH]n3)csc2c1. The van der Waals surface area contributed by atoms with Gasteiger partial charge in [-0.05, 0) is 11.3 Å². The van der Waals surface area contributed by atoms with Crippen molar-refractivity contribution < 1.29 is 0 Å². The fraction of sp³-hybridized carbons (Fsp3) is 0. The van der Waals surface area contributed by atoms with E-state index in [0.717, 1.165) is 5.56 Å². The third kappa shape index (κ3) is 1.03. The van der Waals surface area contributed by atoms with Gasteiger partial charge in [0.2, 0.25) is 5.82 Å². The molecule has 5 heteroatoms. The highest BCUT2D eigenvalue weighted by Crippen LogP contribution is 2.31. The van der Waals surface area contributed by atoms with E-state index in [4.69, 9.17) is 0 Å². The van der Waals surface area contributed by atoms with Crippen LogP contribution in [0.5, 0.6) is 0 Å². The second-order valence-corrected chi connectivity index (χ2v) is 3.79. The first-order chi connectivity index (χ1) is 6.95. The Morgan fingerprint density at radius 1 is 1.21 bits per heavy atom. The lowest BCUT2D eigenvalue weighted by molar-refractivity contribution is 0.881. The van der Waals surface area contributed by atoms with E-state index >= 15 is 0 Å². The number of hydrogen-bond acceptors (Lipinski definition) is 4. The molecule has 0 amide bonds. The molecular weight excluding hydrogens is 196 g/mol. The normalized spacial score (nSPS) is 10.9. The van der Waals surface area contributed by atoms with E-state index in [1.54, 1.807) is 11.3 Å². The zero-order valence-corrected chi connectivity index (χ0v) is 7.95. The minimum atomic E-state index is 0.655. The van der Waals surface area contributed by atoms with E-state index in [0.29, 0.717) is 5.82 Å². The molecule has 0 saturated heterocycles. The number of tetrazole rings is 1. The Labute approximate surface area is 83.6 Å². The zero-order valence-electron chi connectivity index (χ0n) is 7.14. The minimum Gasteiger partial charge on any atom is -0.177 e. The molecule has 3 aromatic rings. The zero-order chi connectivity index (χ0) is 9.38. The summed E-state index contributed by atoms with van der Waals surface area (Å²) in [5, 5.41) is 17.2. The van der Waals surface area contributed by atoms with Crippen LogP contribution in [-0.4, -0.2) is 20.6 Å². The van der Waals surface area contributed by atoms with Gasteiger partial charge in [0.1, 0.15) is 0 Å². The van der Waals surface area contributed by atoms with Crippen molar-refractivity contribution in [2.24, 2.45) is 0 Å². The molecule has 0 atom stereocenters. The number of aromatic amines is 1. The molecule has 0 bridgehead atoms. The highest BCUT2D eigenvalue weighted by molar-refractivity contribution is 7.17. The third-order valence-electron chi connectivity index (χ3n) is 2.07. The minimum absolute atomic E-state index is 0.655. The smallest absolute Gasteiger partial charge is 0.177 e. The van der Waals surface area contributed by atoms with Gasteiger partial charge in [0.15, 0.2) is 0 Å². The van der Waals surface area contributed by atoms with Gasteiger partial charge in [-0.1, -0.05) is 18.2 Å². The Bertz CT molecular complexity index is 555. The molecule has 2 heterocycles. The first kappa shape index (κ1) is 7.64. The molecule has 1 aromatic carbocycles. The molecular formula is C9H6N4S. The molecule has 0 spiro atoms. The Morgan fingerprint density at radius 3 is 3.00 bits per heavy atom. The Morgan fingerprint density at radius 2 is 2.14 bits per heavy atom. The van der Waals surface area contributed by atoms with Crippen molar-refractivity contribution in [3.05, 3.63) is 29.6 Å². The van der Waals surface area contributed by atoms with Crippen molar-refractivity contribution in [1.29, 1.82) is 0 Å². The van der Waals surface area contributed by atoms with Gasteiger partial charge in [0.25, 0.3) is 0 Å². The fourth-order valence-corrected chi connectivity index (χ4v) is 2.37. The first-order valence-corrected chi connectivity index (χ1v) is 5.03. The van der Waals surface area contributed by atoms with Crippen LogP contribution in [-0.2, 0) is 0 Å². The molecule has 2 aromatic heterocycles. The van der Waals surface area contributed by atoms with Crippen LogP contribution in [0.25, 0.3) is 21.5 Å². The topological polar surface area (TPSA) is 54.5 Å². The number of benzene rings is 1. The summed E-state index contributed by atoms with van der Waals surface area (Å²) in [5.41, 5.74) is 1.04. The lowest BCUT2D eigenvalue weighted by Gasteiger charge is -1.90. The van der Waals surface area contributed by atoms with Crippen molar-refractivity contribution in [1.82, 2.24) is 20.6 Å². The number of fused-ring (bicyclic) bond motifs is 1. The van der Waals surface area contributed by atoms with E-state index in [-0.39, 0.29) is 0 Å². The van der Waals surface area contributed by atoms with Crippen LogP contribution in [0.3, 0.4) is 0 Å². The van der Waals surface area contributed by atoms with Gasteiger partial charge in [-0.15, -0.1) is 21.5 Å². The lowest BCUT2D eigenvalue weighted by Crippen LogP contribution is -1.77. The molecule has 0 saturated carbocycles. The van der Waals surface area contributed by atoms with Crippen LogP contribution in [0, 0.1) is 0 Å². The predicted octanol–water partition coefficient (Wildman–Crippen LogP) is 2.08. The molecule has 1 N–H and O–H groups in total. The maximum absolute atomic E-state index is 3.97. The summed E-state index contributed by atoms with van der Waals surface area (Å²) in [6.07, 6.45) is 0. The van der Waals surface area contributed by atoms with Crippen LogP contribution in [0.1, 0.15) is 0 Å². The molecule has 14 heavy (non-hydrogen) atoms. The van der Waals surface area contributed by atoms with E-state index in [1.165, 1.54) is 10.1 Å². The van der Waals surface area contributed by atoms with Crippen LogP contribution in [0.15, 0.2) is 29.6 Å². The predicted molar refractivity (Wildman–Crippen MR) is 55.0 cm³/mol. The van der Waals surface area contributed by atoms with E-state index in [2.05, 4.69) is 38.1 Å². The molecule has 0 aliphatic rings. The average Bonchev–Trinajstić information content (AvgIpc) is 2.85. The summed E-state index contributed by atoms with van der Waals surface area (Å²) in [7, 11) is 0. The van der Waals surface area contributed by atoms with E-state index in [9.17, 15) is 0 Å². The summed E-state index contributed by atoms with van der Waals surface area (Å²) in [4.78, 5) is 0. The summed E-state index contributed by atoms with van der Waals surface area (Å²) < 4.78 is 1.24. The second-order valence-electron chi connectivity index (χ2n) is 2.88. The quantitative estimate of drug-likeness (QED) is 0.657. The van der Waals surface area contributed by atoms with Gasteiger partial charge in [-0.3, -0.25) is 0 Å². The van der Waals surface area contributed by atoms with Crippen LogP contribution in [0.2, 0.25) is 0 Å². The largest absolute Gasteiger partial charge is 0.206 e. The molecule has 4 nitrogen and oxygen atoms in total. The summed E-state index contributed by atoms with van der Waals surface area (Å²) in [6, 6.07) is 8.19. The first-order valence-electron chi connectivity index (χ1n) is 4.15. The van der Waals surface area contributed by atoms with Gasteiger partial charge in [0, 0.05) is 21.0 Å². The van der Waals surface area contributed by atoms with E-state index < -0.39 is 0 Å². The van der Waals surface area contributed by atoms with Gasteiger partial charge < -0.3 is 0 Å². The Kier molecular flexibility index (Phi) is 1.57. The molecule has 68 valence electrons. The number of hydrogen-bond donors (Lipinski definition) is 1. The van der Waals surface area contributed by atoms with Crippen molar-refractivity contribution in [2.45, 2.75) is 0 Å². The number of H-pyrrole nitrogens is 1. The molecule has 0 radical (unpaired) electrons. The summed E-state index contributed by atoms with van der Waals surface area (Å²) in [6.45, 7) is 0. The molecule has 0 aliphatic carbocycles. The Hall–Kier alpha value is -1.75. The number of nitrogens with zero attached hydrogens (tertiary/aromatic N) is 3. The van der Waals surface area contributed by atoms with Crippen molar-refractivity contribution >= 4 is 21.4 Å². The fourth-order valence-electron chi connectivity index (χ4n) is 1.43. The monoisotopic (exact) mass is 202 g/mol. The standard InChI is InChI=1S/C9H6N4S/c1-2-4-8-6(3-1)7(5-14-8)9-10-12-13-11-9/h1-5H,(H,10,11,12,13). The van der Waals surface area contributed by atoms with Gasteiger partial charge in [-0.2, -0.15) is 5.21 Å². The van der Waals surface area contributed by atoms with Crippen LogP contribution in [0.4, 0.5) is 0 Å². The molecule has 3 rings (SSSR count). The molecule has 0 unspecified atom stereocenters. The van der Waals surface area contributed by atoms with Gasteiger partial charge >= 0.3 is 0 Å². The van der Waals surface area contributed by atoms with Crippen molar-refractivity contribution in [3.8, 4) is 11.4 Å². The maximum atomic E-state index is 3.97. The van der Waals surface area contributed by atoms with Gasteiger partial charge in [-0.25, -0.2) is 0 Å². The van der Waals surface area contributed by atoms with Gasteiger partial charge in [0.05, 0.1) is 0 Å². The number of aromatic nitrogens is 4. The van der Waals surface area contributed by atoms with Crippen molar-refractivity contribution in [2.75, 3.05) is 0 Å². The van der Waals surface area contributed by atoms with Crippen molar-refractivity contribution in [3.63, 3.8) is 0 Å².